The summed E-state index contributed by atoms with van der Waals surface area (Å²) in [7, 11) is 0. The third-order valence-electron chi connectivity index (χ3n) is 2.67. The topological polar surface area (TPSA) is 109 Å². The Hall–Kier alpha value is -2.09. The van der Waals surface area contributed by atoms with E-state index in [1.54, 1.807) is 12.1 Å². The zero-order valence-corrected chi connectivity index (χ0v) is 10.1. The molecule has 1 aromatic rings. The third-order valence-corrected chi connectivity index (χ3v) is 2.67. The molecular formula is C12H15N3O4. The molecule has 7 nitrogen and oxygen atoms in total. The molecule has 0 aliphatic carbocycles. The second-order valence-electron chi connectivity index (χ2n) is 4.05. The van der Waals surface area contributed by atoms with E-state index in [1.165, 1.54) is 29.4 Å². The molecule has 1 aromatic heterocycles. The number of nitrogens with zero attached hydrogens (tertiary/aromatic N) is 1. The minimum Gasteiger partial charge on any atom is -0.506 e. The largest absolute Gasteiger partial charge is 0.506 e. The van der Waals surface area contributed by atoms with Crippen LogP contribution in [0.1, 0.15) is 0 Å². The fraction of sp³-hybridized carbons (Fsp3) is 0.250. The fourth-order valence-electron chi connectivity index (χ4n) is 1.68. The molecule has 0 saturated carbocycles. The Labute approximate surface area is 109 Å². The van der Waals surface area contributed by atoms with Crippen molar-refractivity contribution in [2.24, 2.45) is 0 Å². The highest BCUT2D eigenvalue weighted by atomic mass is 16.4. The number of hydrogen-bond acceptors (Lipinski definition) is 6. The number of hydrogen-bond donors (Lipinski definition) is 5. The number of nitrogens with one attached hydrogen (secondary N) is 2. The van der Waals surface area contributed by atoms with Crippen molar-refractivity contribution >= 4 is 5.82 Å². The van der Waals surface area contributed by atoms with Crippen molar-refractivity contribution in [2.45, 2.75) is 5.72 Å². The van der Waals surface area contributed by atoms with Crippen molar-refractivity contribution in [3.8, 4) is 0 Å². The van der Waals surface area contributed by atoms with Crippen LogP contribution in [0, 0.1) is 0 Å². The summed E-state index contributed by atoms with van der Waals surface area (Å²) in [5.74, 6) is 0.118. The lowest BCUT2D eigenvalue weighted by atomic mass is 10.1. The molecule has 5 N–H and O–H groups in total. The average Bonchev–Trinajstić information content (AvgIpc) is 2.40. The van der Waals surface area contributed by atoms with Gasteiger partial charge in [-0.1, -0.05) is 6.07 Å². The van der Waals surface area contributed by atoms with Crippen LogP contribution < -0.4 is 15.8 Å². The number of aliphatic hydroxyl groups is 3. The number of H-pyrrole nitrogens is 1. The summed E-state index contributed by atoms with van der Waals surface area (Å²) >= 11 is 0. The minimum atomic E-state index is -1.71. The first-order valence-corrected chi connectivity index (χ1v) is 5.72. The monoisotopic (exact) mass is 265 g/mol. The molecule has 1 unspecified atom stereocenters. The number of aromatic amines is 1. The standard InChI is InChI=1S/C12H15N3O4/c16-7-5-13-12(19)4-6-15(8-9(12)17)10-2-1-3-11(18)14-10/h1-4,6,8,13,16-17,19H,5,7H2,(H,14,18). The van der Waals surface area contributed by atoms with E-state index < -0.39 is 5.72 Å². The second-order valence-corrected chi connectivity index (χ2v) is 4.05. The molecule has 2 heterocycles. The van der Waals surface area contributed by atoms with E-state index in [-0.39, 0.29) is 24.5 Å². The predicted molar refractivity (Wildman–Crippen MR) is 69.4 cm³/mol. The first-order chi connectivity index (χ1) is 9.05. The van der Waals surface area contributed by atoms with Gasteiger partial charge in [0.2, 0.25) is 5.56 Å². The van der Waals surface area contributed by atoms with Gasteiger partial charge in [-0.15, -0.1) is 0 Å². The summed E-state index contributed by atoms with van der Waals surface area (Å²) in [5, 5.41) is 31.2. The lowest BCUT2D eigenvalue weighted by molar-refractivity contribution is 0.0416. The maximum Gasteiger partial charge on any atom is 0.249 e. The number of anilines is 1. The molecule has 0 saturated heterocycles. The van der Waals surface area contributed by atoms with E-state index in [1.807, 2.05) is 0 Å². The SMILES string of the molecule is O=c1cccc(N2C=CC(O)(NCCO)C(O)=C2)[nH]1. The normalized spacial score (nSPS) is 22.4. The van der Waals surface area contributed by atoms with Crippen molar-refractivity contribution in [1.29, 1.82) is 0 Å². The quantitative estimate of drug-likeness (QED) is 0.464. The summed E-state index contributed by atoms with van der Waals surface area (Å²) in [4.78, 5) is 15.3. The molecule has 0 bridgehead atoms. The molecule has 0 spiro atoms. The molecule has 1 aliphatic heterocycles. The van der Waals surface area contributed by atoms with Crippen LogP contribution in [-0.2, 0) is 0 Å². The molecule has 0 radical (unpaired) electrons. The fourth-order valence-corrected chi connectivity index (χ4v) is 1.68. The van der Waals surface area contributed by atoms with Crippen LogP contribution in [0.15, 0.2) is 47.2 Å². The summed E-state index contributed by atoms with van der Waals surface area (Å²) < 4.78 is 0. The van der Waals surface area contributed by atoms with Gasteiger partial charge in [-0.25, -0.2) is 0 Å². The van der Waals surface area contributed by atoms with Gasteiger partial charge in [0.15, 0.2) is 11.5 Å². The second kappa shape index (κ2) is 5.27. The lowest BCUT2D eigenvalue weighted by Crippen LogP contribution is -2.48. The van der Waals surface area contributed by atoms with Crippen molar-refractivity contribution in [1.82, 2.24) is 10.3 Å². The van der Waals surface area contributed by atoms with E-state index in [0.29, 0.717) is 5.82 Å². The van der Waals surface area contributed by atoms with Crippen LogP contribution in [0.2, 0.25) is 0 Å². The Balaban J connectivity index is 2.22. The highest BCUT2D eigenvalue weighted by Crippen LogP contribution is 2.22. The molecule has 7 heteroatoms. The smallest absolute Gasteiger partial charge is 0.249 e. The van der Waals surface area contributed by atoms with Crippen LogP contribution >= 0.6 is 0 Å². The van der Waals surface area contributed by atoms with Crippen molar-refractivity contribution in [3.05, 3.63) is 52.8 Å². The molecule has 0 fully saturated rings. The van der Waals surface area contributed by atoms with Gasteiger partial charge in [0.25, 0.3) is 0 Å². The van der Waals surface area contributed by atoms with E-state index in [2.05, 4.69) is 10.3 Å². The first kappa shape index (κ1) is 13.3. The van der Waals surface area contributed by atoms with Crippen LogP contribution in [0.3, 0.4) is 0 Å². The summed E-state index contributed by atoms with van der Waals surface area (Å²) in [6, 6.07) is 4.61. The van der Waals surface area contributed by atoms with E-state index in [4.69, 9.17) is 5.11 Å². The molecular weight excluding hydrogens is 250 g/mol. The average molecular weight is 265 g/mol. The lowest BCUT2D eigenvalue weighted by Gasteiger charge is -2.30. The zero-order chi connectivity index (χ0) is 13.9. The van der Waals surface area contributed by atoms with Gasteiger partial charge in [0.1, 0.15) is 5.82 Å². The zero-order valence-electron chi connectivity index (χ0n) is 10.1. The van der Waals surface area contributed by atoms with Gasteiger partial charge >= 0.3 is 0 Å². The van der Waals surface area contributed by atoms with E-state index >= 15 is 0 Å². The highest BCUT2D eigenvalue weighted by molar-refractivity contribution is 5.49. The predicted octanol–water partition coefficient (Wildman–Crippen LogP) is -0.622. The first-order valence-electron chi connectivity index (χ1n) is 5.72. The van der Waals surface area contributed by atoms with Crippen LogP contribution in [-0.4, -0.2) is 39.2 Å². The summed E-state index contributed by atoms with van der Waals surface area (Å²) in [6.07, 6.45) is 4.09. The minimum absolute atomic E-state index is 0.126. The molecule has 0 aromatic carbocycles. The van der Waals surface area contributed by atoms with Crippen LogP contribution in [0.4, 0.5) is 5.82 Å². The van der Waals surface area contributed by atoms with Crippen molar-refractivity contribution < 1.29 is 15.3 Å². The Morgan fingerprint density at radius 3 is 2.84 bits per heavy atom. The molecule has 0 amide bonds. The van der Waals surface area contributed by atoms with Gasteiger partial charge in [0, 0.05) is 18.8 Å². The Bertz CT molecular complexity index is 566. The molecule has 1 aliphatic rings. The Morgan fingerprint density at radius 2 is 2.21 bits per heavy atom. The number of aromatic nitrogens is 1. The summed E-state index contributed by atoms with van der Waals surface area (Å²) in [6.45, 7) is -0.0416. The van der Waals surface area contributed by atoms with Gasteiger partial charge in [-0.2, -0.15) is 0 Å². The van der Waals surface area contributed by atoms with Crippen LogP contribution in [0.5, 0.6) is 0 Å². The molecule has 102 valence electrons. The Kier molecular flexibility index (Phi) is 3.70. The highest BCUT2D eigenvalue weighted by Gasteiger charge is 2.31. The molecule has 1 atom stereocenters. The number of pyridine rings is 1. The van der Waals surface area contributed by atoms with E-state index in [0.717, 1.165) is 0 Å². The molecule has 2 rings (SSSR count). The maximum absolute atomic E-state index is 11.2. The van der Waals surface area contributed by atoms with Crippen molar-refractivity contribution in [3.63, 3.8) is 0 Å². The van der Waals surface area contributed by atoms with Gasteiger partial charge in [0.05, 0.1) is 12.8 Å². The van der Waals surface area contributed by atoms with Gasteiger partial charge in [-0.05, 0) is 12.1 Å². The van der Waals surface area contributed by atoms with Crippen LogP contribution in [0.25, 0.3) is 0 Å². The number of rotatable bonds is 4. The molecule has 19 heavy (non-hydrogen) atoms. The maximum atomic E-state index is 11.2. The van der Waals surface area contributed by atoms with E-state index in [9.17, 15) is 15.0 Å². The van der Waals surface area contributed by atoms with Gasteiger partial charge < -0.3 is 25.2 Å². The number of aliphatic hydroxyl groups excluding tert-OH is 2. The Morgan fingerprint density at radius 1 is 1.42 bits per heavy atom. The van der Waals surface area contributed by atoms with Crippen molar-refractivity contribution in [2.75, 3.05) is 18.1 Å². The van der Waals surface area contributed by atoms with Gasteiger partial charge in [-0.3, -0.25) is 10.1 Å². The third kappa shape index (κ3) is 2.84. The summed E-state index contributed by atoms with van der Waals surface area (Å²) in [5.41, 5.74) is -1.98.